The summed E-state index contributed by atoms with van der Waals surface area (Å²) in [6.07, 6.45) is 10.4. The van der Waals surface area contributed by atoms with Crippen molar-refractivity contribution in [3.05, 3.63) is 305 Å². The van der Waals surface area contributed by atoms with Gasteiger partial charge in [0.2, 0.25) is 0 Å². The zero-order valence-corrected chi connectivity index (χ0v) is 60.1. The Morgan fingerprint density at radius 2 is 0.755 bits per heavy atom. The van der Waals surface area contributed by atoms with Gasteiger partial charge in [-0.25, -0.2) is 34.4 Å². The zero-order chi connectivity index (χ0) is 69.7. The summed E-state index contributed by atoms with van der Waals surface area (Å²) in [5.74, 6) is 3.99. The van der Waals surface area contributed by atoms with Crippen molar-refractivity contribution in [1.29, 1.82) is 0 Å². The molecule has 11 aromatic carbocycles. The summed E-state index contributed by atoms with van der Waals surface area (Å²) in [4.78, 5) is 23.5. The Labute approximate surface area is 647 Å². The number of phenols is 4. The molecule has 0 bridgehead atoms. The maximum atomic E-state index is 13.0. The topological polar surface area (TPSA) is 266 Å². The van der Waals surface area contributed by atoms with Crippen molar-refractivity contribution in [2.24, 2.45) is 0 Å². The summed E-state index contributed by atoms with van der Waals surface area (Å²) in [6, 6.07) is 59.0. The molecule has 16 nitrogen and oxygen atoms in total. The standard InChI is InChI=1S/C35H26O8S.C13H8F2O.C12H10O2.C8H4F2.C6H6O5S.2K/c1-4-24-19-23(2)20-32(21-24)42-31-17-18-33(34(22-31)44(37,38)39)43-30-11-7-26(8-12-30)35(36)25-5-9-28(10-6-25)41-29-15-13-27(40-3)14-16-29;14-11-5-1-9(2-6-11)13(16)10-3-7-12(15)8-4-10;13-11-5-1-9(2-6-11)10-3-7-12(14)8-4-10;1-2-6-3-7(9)5-8(10)4-6;7-4-1-2-5(8)6(3-4)12(9,10)11;;/h1,5-22H,2-3H3,(H,37,38,39);1-8H;1-8,13-14H;1,3-5H;1-3,7-8H,(H,9,10,11);;/q;;;;;2*+1/p-2. The number of terminal acetylenes is 2. The van der Waals surface area contributed by atoms with E-state index in [9.17, 15) is 53.1 Å². The predicted molar refractivity (Wildman–Crippen MR) is 347 cm³/mol. The number of rotatable bonds is 14. The number of hydrogen-bond donors (Lipinski definition) is 4. The molecule has 98 heavy (non-hydrogen) atoms. The molecule has 0 unspecified atom stereocenters. The molecule has 0 radical (unpaired) electrons. The van der Waals surface area contributed by atoms with Crippen LogP contribution < -0.4 is 122 Å². The first-order valence-electron chi connectivity index (χ1n) is 27.8. The summed E-state index contributed by atoms with van der Waals surface area (Å²) in [7, 11) is -8.06. The van der Waals surface area contributed by atoms with Crippen LogP contribution in [0.25, 0.3) is 11.1 Å². The van der Waals surface area contributed by atoms with E-state index in [1.54, 1.807) is 110 Å². The Kier molecular flexibility index (Phi) is 30.7. The SMILES string of the molecule is C#Cc1cc(C)cc(Oc2ccc(Oc3ccc(C(=O)c4ccc(Oc5ccc(OC)cc5)cc4)cc3)c(S(=O)(=O)[O-])c2)c1.C#Cc1cc(F)cc(F)c1.O=C(c1ccc(F)cc1)c1ccc(F)cc1.O=S(=O)([O-])c1cc(O)ccc1O.Oc1ccc(-c2ccc(O)cc2)cc1.[K+].[K+]. The van der Waals surface area contributed by atoms with Crippen LogP contribution in [0.3, 0.4) is 0 Å². The molecule has 0 aliphatic rings. The first-order valence-corrected chi connectivity index (χ1v) is 30.6. The van der Waals surface area contributed by atoms with E-state index >= 15 is 0 Å². The van der Waals surface area contributed by atoms with Crippen LogP contribution in [-0.4, -0.2) is 65.0 Å². The van der Waals surface area contributed by atoms with Crippen molar-refractivity contribution in [3.8, 4) is 99.1 Å². The minimum atomic E-state index is -4.93. The van der Waals surface area contributed by atoms with Crippen molar-refractivity contribution < 1.29 is 195 Å². The van der Waals surface area contributed by atoms with Crippen LogP contribution in [0.5, 0.6) is 63.2 Å². The smallest absolute Gasteiger partial charge is 0.744 e. The van der Waals surface area contributed by atoms with Crippen molar-refractivity contribution in [1.82, 2.24) is 0 Å². The molecule has 11 rings (SSSR count). The second-order valence-corrected chi connectivity index (χ2v) is 22.6. The quantitative estimate of drug-likeness (QED) is 0.0197. The van der Waals surface area contributed by atoms with E-state index in [-0.39, 0.29) is 154 Å². The van der Waals surface area contributed by atoms with Gasteiger partial charge in [-0.05, 0) is 224 Å². The third kappa shape index (κ3) is 24.9. The number of aromatic hydroxyl groups is 4. The third-order valence-electron chi connectivity index (χ3n) is 12.9. The number of carbonyl (C=O) groups excluding carboxylic acids is 2. The van der Waals surface area contributed by atoms with Crippen LogP contribution in [0.1, 0.15) is 48.5 Å². The van der Waals surface area contributed by atoms with Crippen LogP contribution in [0.4, 0.5) is 17.6 Å². The van der Waals surface area contributed by atoms with Gasteiger partial charge >= 0.3 is 103 Å². The molecule has 24 heteroatoms. The molecule has 11 aromatic rings. The van der Waals surface area contributed by atoms with Crippen LogP contribution in [0.2, 0.25) is 0 Å². The number of ketones is 2. The van der Waals surface area contributed by atoms with Gasteiger partial charge in [-0.2, -0.15) is 0 Å². The molecule has 4 N–H and O–H groups in total. The molecule has 0 aromatic heterocycles. The molecule has 0 saturated carbocycles. The van der Waals surface area contributed by atoms with Gasteiger partial charge in [0.05, 0.1) is 12.0 Å². The zero-order valence-electron chi connectivity index (χ0n) is 52.3. The Bertz CT molecular complexity index is 4730. The van der Waals surface area contributed by atoms with E-state index < -0.39 is 59.0 Å². The van der Waals surface area contributed by atoms with E-state index in [2.05, 4.69) is 11.8 Å². The Balaban J connectivity index is 0.000000260. The van der Waals surface area contributed by atoms with Gasteiger partial charge in [-0.1, -0.05) is 36.1 Å². The maximum absolute atomic E-state index is 13.0. The fourth-order valence-electron chi connectivity index (χ4n) is 8.30. The molecule has 0 heterocycles. The van der Waals surface area contributed by atoms with E-state index in [0.717, 1.165) is 53.1 Å². The monoisotopic (exact) mass is 1410 g/mol. The molecule has 0 saturated heterocycles. The molecule has 0 spiro atoms. The van der Waals surface area contributed by atoms with Crippen LogP contribution in [0.15, 0.2) is 252 Å². The number of benzene rings is 11. The third-order valence-corrected chi connectivity index (χ3v) is 14.6. The summed E-state index contributed by atoms with van der Waals surface area (Å²) < 4.78 is 140. The Morgan fingerprint density at radius 3 is 1.16 bits per heavy atom. The minimum Gasteiger partial charge on any atom is -0.744 e. The molecule has 0 atom stereocenters. The van der Waals surface area contributed by atoms with E-state index in [1.807, 2.05) is 31.2 Å². The molecule has 0 aliphatic heterocycles. The van der Waals surface area contributed by atoms with Crippen LogP contribution >= 0.6 is 0 Å². The van der Waals surface area contributed by atoms with Crippen molar-refractivity contribution in [2.75, 3.05) is 7.11 Å². The molecule has 0 amide bonds. The minimum absolute atomic E-state index is 0. The predicted octanol–water partition coefficient (Wildman–Crippen LogP) is 9.41. The second-order valence-electron chi connectivity index (χ2n) is 19.9. The van der Waals surface area contributed by atoms with Gasteiger partial charge in [0, 0.05) is 51.6 Å². The fraction of sp³-hybridized carbons (Fsp3) is 0.0270. The van der Waals surface area contributed by atoms with Gasteiger partial charge < -0.3 is 48.5 Å². The van der Waals surface area contributed by atoms with Crippen molar-refractivity contribution in [2.45, 2.75) is 16.7 Å². The van der Waals surface area contributed by atoms with E-state index in [4.69, 9.17) is 52.2 Å². The van der Waals surface area contributed by atoms with Crippen molar-refractivity contribution in [3.63, 3.8) is 0 Å². The molecular formula is C74H52F4K2O16S2. The van der Waals surface area contributed by atoms with Crippen molar-refractivity contribution >= 4 is 31.8 Å². The summed E-state index contributed by atoms with van der Waals surface area (Å²) >= 11 is 0. The first-order chi connectivity index (χ1) is 45.7. The maximum Gasteiger partial charge on any atom is 1.00 e. The largest absolute Gasteiger partial charge is 1.00 e. The molecule has 486 valence electrons. The van der Waals surface area contributed by atoms with Gasteiger partial charge in [0.1, 0.15) is 112 Å². The number of halogens is 4. The van der Waals surface area contributed by atoms with E-state index in [1.165, 1.54) is 72.8 Å². The number of methoxy groups -OCH3 is 1. The number of ether oxygens (including phenoxy) is 4. The number of hydrogen-bond acceptors (Lipinski definition) is 16. The number of phenolic OH excluding ortho intramolecular Hbond substituents is 4. The average molecular weight is 1420 g/mol. The molecule has 0 aliphatic carbocycles. The summed E-state index contributed by atoms with van der Waals surface area (Å²) in [5.41, 5.74) is 5.29. The van der Waals surface area contributed by atoms with Crippen LogP contribution in [-0.2, 0) is 20.2 Å². The molecule has 0 fully saturated rings. The fourth-order valence-corrected chi connectivity index (χ4v) is 9.50. The van der Waals surface area contributed by atoms with Gasteiger partial charge in [-0.3, -0.25) is 9.59 Å². The normalized spacial score (nSPS) is 10.3. The number of aryl methyl sites for hydroxylation is 1. The summed E-state index contributed by atoms with van der Waals surface area (Å²) in [6.45, 7) is 1.84. The van der Waals surface area contributed by atoms with Gasteiger partial charge in [0.15, 0.2) is 11.6 Å². The Hall–Kier alpha value is -8.91. The average Bonchev–Trinajstić information content (AvgIpc) is 0.805. The second kappa shape index (κ2) is 37.7. The summed E-state index contributed by atoms with van der Waals surface area (Å²) in [5, 5.41) is 35.9. The van der Waals surface area contributed by atoms with Crippen LogP contribution in [0, 0.1) is 54.9 Å². The molecular weight excluding hydrogens is 1360 g/mol. The van der Waals surface area contributed by atoms with E-state index in [0.29, 0.717) is 56.9 Å². The Morgan fingerprint density at radius 1 is 0.388 bits per heavy atom. The first kappa shape index (κ1) is 79.8. The van der Waals surface area contributed by atoms with Gasteiger partial charge in [-0.15, -0.1) is 12.8 Å². The number of carbonyl (C=O) groups is 2. The van der Waals surface area contributed by atoms with Gasteiger partial charge in [0.25, 0.3) is 0 Å².